The maximum Gasteiger partial charge on any atom is 0.269 e. The third kappa shape index (κ3) is 6.10. The van der Waals surface area contributed by atoms with Gasteiger partial charge in [0.2, 0.25) is 5.91 Å². The Hall–Kier alpha value is -5.04. The van der Waals surface area contributed by atoms with E-state index in [1.54, 1.807) is 6.07 Å². The highest BCUT2D eigenvalue weighted by atomic mass is 16.3. The van der Waals surface area contributed by atoms with Crippen LogP contribution in [-0.4, -0.2) is 59.0 Å². The summed E-state index contributed by atoms with van der Waals surface area (Å²) in [5.41, 5.74) is 17.9. The van der Waals surface area contributed by atoms with Crippen LogP contribution >= 0.6 is 0 Å². The molecule has 1 atom stereocenters. The molecule has 7 rings (SSSR count). The lowest BCUT2D eigenvalue weighted by Gasteiger charge is -2.42. The molecule has 4 aliphatic rings. The molecule has 2 saturated carbocycles. The van der Waals surface area contributed by atoms with Crippen LogP contribution < -0.4 is 32.3 Å². The molecule has 47 heavy (non-hydrogen) atoms. The van der Waals surface area contributed by atoms with Gasteiger partial charge in [-0.3, -0.25) is 24.0 Å². The van der Waals surface area contributed by atoms with Gasteiger partial charge in [0.1, 0.15) is 17.3 Å². The van der Waals surface area contributed by atoms with Gasteiger partial charge in [0, 0.05) is 49.3 Å². The largest absolute Gasteiger partial charge is 0.457 e. The number of carbonyl (C=O) groups is 3. The first kappa shape index (κ1) is 30.6. The maximum atomic E-state index is 13.1. The summed E-state index contributed by atoms with van der Waals surface area (Å²) in [6.45, 7) is 4.45. The molecule has 3 fully saturated rings. The number of likely N-dealkylation sites (tertiary alicyclic amines) is 1. The van der Waals surface area contributed by atoms with Crippen LogP contribution in [0.25, 0.3) is 11.1 Å². The first-order valence-corrected chi connectivity index (χ1v) is 16.3. The number of allylic oxidation sites excluding steroid dienone is 1. The highest BCUT2D eigenvalue weighted by Crippen LogP contribution is 2.49. The number of hydrogen-bond donors (Lipinski definition) is 5. The van der Waals surface area contributed by atoms with Crippen LogP contribution in [0.1, 0.15) is 73.1 Å². The van der Waals surface area contributed by atoms with Gasteiger partial charge in [-0.2, -0.15) is 5.10 Å². The van der Waals surface area contributed by atoms with E-state index in [0.717, 1.165) is 85.4 Å². The van der Waals surface area contributed by atoms with Crippen LogP contribution in [0.3, 0.4) is 0 Å². The molecule has 7 N–H and O–H groups in total. The molecule has 13 nitrogen and oxygen atoms in total. The lowest BCUT2D eigenvalue weighted by atomic mass is 9.91. The van der Waals surface area contributed by atoms with Gasteiger partial charge >= 0.3 is 0 Å². The van der Waals surface area contributed by atoms with Gasteiger partial charge in [0.15, 0.2) is 12.0 Å². The zero-order valence-corrected chi connectivity index (χ0v) is 26.7. The molecule has 13 heteroatoms. The molecule has 4 heterocycles. The van der Waals surface area contributed by atoms with Crippen LogP contribution in [0.4, 0.5) is 11.4 Å². The number of nitrogens with one attached hydrogen (secondary N) is 3. The number of benzene rings is 1. The summed E-state index contributed by atoms with van der Waals surface area (Å²) in [6.07, 6.45) is 8.57. The fourth-order valence-corrected chi connectivity index (χ4v) is 6.56. The molecule has 0 spiro atoms. The molecule has 2 aromatic heterocycles. The number of furan rings is 1. The average molecular weight is 640 g/mol. The normalized spacial score (nSPS) is 20.1. The first-order valence-electron chi connectivity index (χ1n) is 16.3. The Kier molecular flexibility index (Phi) is 8.00. The second kappa shape index (κ2) is 12.3. The zero-order chi connectivity index (χ0) is 32.8. The second-order valence-corrected chi connectivity index (χ2v) is 13.0. The fourth-order valence-electron chi connectivity index (χ4n) is 6.56. The van der Waals surface area contributed by atoms with Crippen molar-refractivity contribution in [3.8, 4) is 11.1 Å². The topological polar surface area (TPSA) is 177 Å². The van der Waals surface area contributed by atoms with E-state index in [0.29, 0.717) is 18.0 Å². The third-order valence-electron chi connectivity index (χ3n) is 9.38. The molecule has 2 aliphatic carbocycles. The molecule has 2 amide bonds. The van der Waals surface area contributed by atoms with E-state index in [2.05, 4.69) is 50.5 Å². The summed E-state index contributed by atoms with van der Waals surface area (Å²) in [5, 5.41) is 14.0. The molecule has 2 aliphatic heterocycles. The summed E-state index contributed by atoms with van der Waals surface area (Å²) in [6, 6.07) is 9.91. The number of para-hydroxylation sites is 1. The molecule has 1 saturated heterocycles. The van der Waals surface area contributed by atoms with Crippen molar-refractivity contribution >= 4 is 29.5 Å². The molecular weight excluding hydrogens is 598 g/mol. The lowest BCUT2D eigenvalue weighted by molar-refractivity contribution is -0.121. The summed E-state index contributed by atoms with van der Waals surface area (Å²) in [7, 11) is 2.07. The van der Waals surface area contributed by atoms with E-state index in [1.807, 2.05) is 24.4 Å². The minimum atomic E-state index is -0.383. The van der Waals surface area contributed by atoms with Gasteiger partial charge < -0.3 is 36.7 Å². The Bertz CT molecular complexity index is 1770. The number of fused-ring (bicyclic) bond motifs is 3. The Morgan fingerprint density at radius 1 is 1.09 bits per heavy atom. The Morgan fingerprint density at radius 3 is 2.55 bits per heavy atom. The number of aldehydes is 1. The van der Waals surface area contributed by atoms with Crippen molar-refractivity contribution in [2.45, 2.75) is 63.7 Å². The van der Waals surface area contributed by atoms with E-state index >= 15 is 0 Å². The summed E-state index contributed by atoms with van der Waals surface area (Å²) >= 11 is 0. The van der Waals surface area contributed by atoms with Gasteiger partial charge in [0.25, 0.3) is 5.91 Å². The zero-order valence-electron chi connectivity index (χ0n) is 26.7. The second-order valence-electron chi connectivity index (χ2n) is 13.0. The number of anilines is 2. The van der Waals surface area contributed by atoms with E-state index in [1.165, 1.54) is 6.08 Å². The van der Waals surface area contributed by atoms with Crippen molar-refractivity contribution < 1.29 is 18.8 Å². The van der Waals surface area contributed by atoms with Crippen molar-refractivity contribution in [2.75, 3.05) is 30.4 Å². The molecule has 1 unspecified atom stereocenters. The summed E-state index contributed by atoms with van der Waals surface area (Å²) in [5.74, 6) is 0.690. The van der Waals surface area contributed by atoms with E-state index in [-0.39, 0.29) is 47.4 Å². The standard InChI is InChI=1S/C34H41N9O4/c1-3-28-32-25(14-37-43(32)21-15-42(16-21)17-22-11-12-23(18-44)47-22)24-5-4-6-26(31(24)41(28)2)39-27(30(36)34(46)38-20-9-10-20)13-29(35)40-33(45)19-7-8-19/h4-6,11-14,18-21,28,39H,3,7-10,15-17,35-36H2,1-2H3,(H,38,46)(H,40,45)/b29-13+,30-27+. The van der Waals surface area contributed by atoms with Gasteiger partial charge in [-0.25, -0.2) is 0 Å². The van der Waals surface area contributed by atoms with Gasteiger partial charge in [0.05, 0.1) is 47.6 Å². The number of hydrogen-bond acceptors (Lipinski definition) is 10. The Labute approximate surface area is 273 Å². The van der Waals surface area contributed by atoms with Crippen LogP contribution in [0.2, 0.25) is 0 Å². The first-order chi connectivity index (χ1) is 22.7. The predicted octanol–water partition coefficient (Wildman–Crippen LogP) is 3.10. The van der Waals surface area contributed by atoms with Crippen molar-refractivity contribution in [1.29, 1.82) is 0 Å². The number of aromatic nitrogens is 2. The predicted molar refractivity (Wildman–Crippen MR) is 177 cm³/mol. The maximum absolute atomic E-state index is 13.1. The van der Waals surface area contributed by atoms with Crippen LogP contribution in [0.15, 0.2) is 64.2 Å². The Balaban J connectivity index is 1.17. The van der Waals surface area contributed by atoms with Gasteiger partial charge in [-0.05, 0) is 50.3 Å². The SMILES string of the molecule is CCC1c2c(cnn2C2CN(Cc3ccc(C=O)o3)C2)-c2cccc(NC(/C=C(\N)NC(=O)C3CC3)=C(/N)C(=O)NC3CC3)c2N1C. The van der Waals surface area contributed by atoms with Crippen LogP contribution in [-0.2, 0) is 16.1 Å². The minimum absolute atomic E-state index is 0.0106. The smallest absolute Gasteiger partial charge is 0.269 e. The molecule has 1 aromatic carbocycles. The molecule has 246 valence electrons. The quantitative estimate of drug-likeness (QED) is 0.112. The number of amides is 2. The van der Waals surface area contributed by atoms with Crippen LogP contribution in [0, 0.1) is 5.92 Å². The number of nitrogens with zero attached hydrogens (tertiary/aromatic N) is 4. The third-order valence-corrected chi connectivity index (χ3v) is 9.38. The van der Waals surface area contributed by atoms with Gasteiger partial charge in [-0.15, -0.1) is 0 Å². The van der Waals surface area contributed by atoms with E-state index in [4.69, 9.17) is 21.0 Å². The van der Waals surface area contributed by atoms with Crippen molar-refractivity contribution in [2.24, 2.45) is 17.4 Å². The van der Waals surface area contributed by atoms with Gasteiger partial charge in [-0.1, -0.05) is 19.1 Å². The molecular formula is C34H41N9O4. The fraction of sp³-hybridized carbons (Fsp3) is 0.412. The lowest BCUT2D eigenvalue weighted by Crippen LogP contribution is -2.48. The average Bonchev–Trinajstić information content (AvgIpc) is 3.97. The van der Waals surface area contributed by atoms with Crippen LogP contribution in [0.5, 0.6) is 0 Å². The van der Waals surface area contributed by atoms with E-state index < -0.39 is 0 Å². The van der Waals surface area contributed by atoms with Crippen molar-refractivity contribution in [1.82, 2.24) is 25.3 Å². The summed E-state index contributed by atoms with van der Waals surface area (Å²) < 4.78 is 7.73. The van der Waals surface area contributed by atoms with E-state index in [9.17, 15) is 14.4 Å². The molecule has 0 bridgehead atoms. The molecule has 0 radical (unpaired) electrons. The minimum Gasteiger partial charge on any atom is -0.457 e. The monoisotopic (exact) mass is 639 g/mol. The van der Waals surface area contributed by atoms with Crippen molar-refractivity contribution in [3.63, 3.8) is 0 Å². The Morgan fingerprint density at radius 2 is 1.87 bits per heavy atom. The summed E-state index contributed by atoms with van der Waals surface area (Å²) in [4.78, 5) is 41.0. The number of nitrogens with two attached hydrogens (primary N) is 2. The number of carbonyl (C=O) groups excluding carboxylic acids is 3. The highest BCUT2D eigenvalue weighted by Gasteiger charge is 2.38. The highest BCUT2D eigenvalue weighted by molar-refractivity contribution is 5.96. The molecule has 3 aromatic rings. The van der Waals surface area contributed by atoms with Crippen molar-refractivity contribution in [3.05, 3.63) is 77.0 Å². The number of rotatable bonds is 12.